The predicted molar refractivity (Wildman–Crippen MR) is 79.4 cm³/mol. The number of nitrogens with zero attached hydrogens (tertiary/aromatic N) is 1. The highest BCUT2D eigenvalue weighted by atomic mass is 79.9. The molecule has 6 heteroatoms. The van der Waals surface area contributed by atoms with Crippen molar-refractivity contribution in [3.63, 3.8) is 0 Å². The SMILES string of the molecule is O=C(CCC(=O)N1CCOCC1)Nc1ccc(Br)cc1. The highest BCUT2D eigenvalue weighted by molar-refractivity contribution is 9.10. The highest BCUT2D eigenvalue weighted by Gasteiger charge is 2.17. The van der Waals surface area contributed by atoms with E-state index < -0.39 is 0 Å². The van der Waals surface area contributed by atoms with E-state index in [0.717, 1.165) is 10.2 Å². The maximum atomic E-state index is 11.9. The number of hydrogen-bond acceptors (Lipinski definition) is 3. The summed E-state index contributed by atoms with van der Waals surface area (Å²) in [6, 6.07) is 7.33. The van der Waals surface area contributed by atoms with Crippen LogP contribution in [0.25, 0.3) is 0 Å². The van der Waals surface area contributed by atoms with Crippen LogP contribution in [0.3, 0.4) is 0 Å². The monoisotopic (exact) mass is 340 g/mol. The fourth-order valence-corrected chi connectivity index (χ4v) is 2.21. The van der Waals surface area contributed by atoms with E-state index in [-0.39, 0.29) is 24.7 Å². The zero-order valence-corrected chi connectivity index (χ0v) is 12.7. The third kappa shape index (κ3) is 4.61. The van der Waals surface area contributed by atoms with Crippen LogP contribution in [0.5, 0.6) is 0 Å². The largest absolute Gasteiger partial charge is 0.378 e. The van der Waals surface area contributed by atoms with Gasteiger partial charge in [0.15, 0.2) is 0 Å². The lowest BCUT2D eigenvalue weighted by Crippen LogP contribution is -2.40. The number of benzene rings is 1. The molecule has 0 aromatic heterocycles. The molecule has 5 nitrogen and oxygen atoms in total. The first kappa shape index (κ1) is 15.0. The molecule has 20 heavy (non-hydrogen) atoms. The second kappa shape index (κ2) is 7.40. The van der Waals surface area contributed by atoms with E-state index in [0.29, 0.717) is 26.3 Å². The molecule has 0 radical (unpaired) electrons. The van der Waals surface area contributed by atoms with E-state index in [1.807, 2.05) is 24.3 Å². The van der Waals surface area contributed by atoms with Crippen molar-refractivity contribution in [1.82, 2.24) is 4.90 Å². The number of carbonyl (C=O) groups is 2. The van der Waals surface area contributed by atoms with E-state index >= 15 is 0 Å². The lowest BCUT2D eigenvalue weighted by atomic mass is 10.2. The van der Waals surface area contributed by atoms with Gasteiger partial charge in [0, 0.05) is 36.1 Å². The summed E-state index contributed by atoms with van der Waals surface area (Å²) in [4.78, 5) is 25.4. The number of nitrogens with one attached hydrogen (secondary N) is 1. The molecule has 1 N–H and O–H groups in total. The first-order chi connectivity index (χ1) is 9.65. The molecule has 0 unspecified atom stereocenters. The third-order valence-corrected chi connectivity index (χ3v) is 3.59. The van der Waals surface area contributed by atoms with Gasteiger partial charge in [-0.3, -0.25) is 9.59 Å². The van der Waals surface area contributed by atoms with Crippen molar-refractivity contribution in [1.29, 1.82) is 0 Å². The Bertz CT molecular complexity index is 470. The van der Waals surface area contributed by atoms with Gasteiger partial charge in [0.1, 0.15) is 0 Å². The molecule has 0 saturated carbocycles. The molecule has 2 amide bonds. The van der Waals surface area contributed by atoms with Gasteiger partial charge in [-0.05, 0) is 24.3 Å². The van der Waals surface area contributed by atoms with Crippen LogP contribution in [-0.4, -0.2) is 43.0 Å². The maximum Gasteiger partial charge on any atom is 0.224 e. The van der Waals surface area contributed by atoms with Gasteiger partial charge in [-0.15, -0.1) is 0 Å². The number of ether oxygens (including phenoxy) is 1. The second-order valence-electron chi connectivity index (χ2n) is 4.55. The first-order valence-corrected chi connectivity index (χ1v) is 7.35. The molecule has 108 valence electrons. The van der Waals surface area contributed by atoms with Crippen LogP contribution in [-0.2, 0) is 14.3 Å². The number of halogens is 1. The van der Waals surface area contributed by atoms with E-state index in [2.05, 4.69) is 21.2 Å². The number of anilines is 1. The zero-order valence-electron chi connectivity index (χ0n) is 11.1. The summed E-state index contributed by atoms with van der Waals surface area (Å²) in [7, 11) is 0. The summed E-state index contributed by atoms with van der Waals surface area (Å²) in [6.07, 6.45) is 0.439. The number of amides is 2. The van der Waals surface area contributed by atoms with Gasteiger partial charge in [0.25, 0.3) is 0 Å². The molecule has 0 aliphatic carbocycles. The van der Waals surface area contributed by atoms with Gasteiger partial charge in [0.05, 0.1) is 13.2 Å². The quantitative estimate of drug-likeness (QED) is 0.912. The van der Waals surface area contributed by atoms with Crippen LogP contribution in [0.15, 0.2) is 28.7 Å². The molecule has 0 atom stereocenters. The fourth-order valence-electron chi connectivity index (χ4n) is 1.95. The number of hydrogen-bond donors (Lipinski definition) is 1. The van der Waals surface area contributed by atoms with Crippen LogP contribution in [0.4, 0.5) is 5.69 Å². The summed E-state index contributed by atoms with van der Waals surface area (Å²) >= 11 is 3.33. The van der Waals surface area contributed by atoms with E-state index in [9.17, 15) is 9.59 Å². The molecule has 1 saturated heterocycles. The van der Waals surface area contributed by atoms with Crippen molar-refractivity contribution in [3.8, 4) is 0 Å². The Kier molecular flexibility index (Phi) is 5.55. The van der Waals surface area contributed by atoms with E-state index in [1.165, 1.54) is 0 Å². The Morgan fingerprint density at radius 1 is 1.15 bits per heavy atom. The predicted octanol–water partition coefficient (Wildman–Crippen LogP) is 2.03. The zero-order chi connectivity index (χ0) is 14.4. The van der Waals surface area contributed by atoms with Crippen molar-refractivity contribution in [2.24, 2.45) is 0 Å². The Morgan fingerprint density at radius 2 is 1.80 bits per heavy atom. The van der Waals surface area contributed by atoms with Crippen molar-refractivity contribution in [3.05, 3.63) is 28.7 Å². The van der Waals surface area contributed by atoms with Crippen LogP contribution in [0, 0.1) is 0 Å². The molecule has 1 aliphatic heterocycles. The van der Waals surface area contributed by atoms with Crippen LogP contribution < -0.4 is 5.32 Å². The van der Waals surface area contributed by atoms with Gasteiger partial charge >= 0.3 is 0 Å². The standard InChI is InChI=1S/C14H17BrN2O3/c15-11-1-3-12(4-2-11)16-13(18)5-6-14(19)17-7-9-20-10-8-17/h1-4H,5-10H2,(H,16,18). The molecule has 1 fully saturated rings. The fraction of sp³-hybridized carbons (Fsp3) is 0.429. The molecule has 1 aliphatic rings. The van der Waals surface area contributed by atoms with Gasteiger partial charge in [-0.25, -0.2) is 0 Å². The summed E-state index contributed by atoms with van der Waals surface area (Å²) in [5, 5.41) is 2.77. The minimum Gasteiger partial charge on any atom is -0.378 e. The Labute approximate surface area is 126 Å². The molecule has 1 aromatic rings. The van der Waals surface area contributed by atoms with Crippen molar-refractivity contribution in [2.45, 2.75) is 12.8 Å². The second-order valence-corrected chi connectivity index (χ2v) is 5.46. The number of morpholine rings is 1. The van der Waals surface area contributed by atoms with Crippen LogP contribution >= 0.6 is 15.9 Å². The lowest BCUT2D eigenvalue weighted by molar-refractivity contribution is -0.136. The first-order valence-electron chi connectivity index (χ1n) is 6.56. The minimum atomic E-state index is -0.145. The van der Waals surface area contributed by atoms with Gasteiger partial charge in [0.2, 0.25) is 11.8 Å². The molecular formula is C14H17BrN2O3. The third-order valence-electron chi connectivity index (χ3n) is 3.06. The molecule has 1 aromatic carbocycles. The normalized spacial score (nSPS) is 14.9. The lowest BCUT2D eigenvalue weighted by Gasteiger charge is -2.26. The highest BCUT2D eigenvalue weighted by Crippen LogP contribution is 2.14. The van der Waals surface area contributed by atoms with Gasteiger partial charge in [-0.2, -0.15) is 0 Å². The summed E-state index contributed by atoms with van der Waals surface area (Å²) in [5.41, 5.74) is 0.733. The van der Waals surface area contributed by atoms with Crippen LogP contribution in [0.1, 0.15) is 12.8 Å². The van der Waals surface area contributed by atoms with Crippen molar-refractivity contribution < 1.29 is 14.3 Å². The van der Waals surface area contributed by atoms with E-state index in [4.69, 9.17) is 4.74 Å². The van der Waals surface area contributed by atoms with Crippen molar-refractivity contribution >= 4 is 33.4 Å². The summed E-state index contributed by atoms with van der Waals surface area (Å²) in [6.45, 7) is 2.40. The maximum absolute atomic E-state index is 11.9. The average Bonchev–Trinajstić information content (AvgIpc) is 2.48. The Morgan fingerprint density at radius 3 is 2.45 bits per heavy atom. The minimum absolute atomic E-state index is 0.0132. The molecule has 0 bridgehead atoms. The number of carbonyl (C=O) groups excluding carboxylic acids is 2. The summed E-state index contributed by atoms with van der Waals surface area (Å²) < 4.78 is 6.14. The molecule has 2 rings (SSSR count). The van der Waals surface area contributed by atoms with Crippen molar-refractivity contribution in [2.75, 3.05) is 31.6 Å². The van der Waals surface area contributed by atoms with E-state index in [1.54, 1.807) is 4.90 Å². The van der Waals surface area contributed by atoms with Crippen LogP contribution in [0.2, 0.25) is 0 Å². The molecule has 0 spiro atoms. The average molecular weight is 341 g/mol. The topological polar surface area (TPSA) is 58.6 Å². The Hall–Kier alpha value is -1.40. The molecular weight excluding hydrogens is 324 g/mol. The smallest absolute Gasteiger partial charge is 0.224 e. The number of rotatable bonds is 4. The van der Waals surface area contributed by atoms with Gasteiger partial charge < -0.3 is 15.0 Å². The summed E-state index contributed by atoms with van der Waals surface area (Å²) in [5.74, 6) is -0.131. The Balaban J connectivity index is 1.74. The van der Waals surface area contributed by atoms with Gasteiger partial charge in [-0.1, -0.05) is 15.9 Å². The molecule has 1 heterocycles.